The Morgan fingerprint density at radius 1 is 1.11 bits per heavy atom. The summed E-state index contributed by atoms with van der Waals surface area (Å²) in [6.45, 7) is 11.8. The Hall–Kier alpha value is -0.120. The van der Waals surface area contributed by atoms with Crippen molar-refractivity contribution in [3.63, 3.8) is 0 Å². The van der Waals surface area contributed by atoms with Gasteiger partial charge in [-0.1, -0.05) is 20.8 Å². The van der Waals surface area contributed by atoms with Crippen molar-refractivity contribution in [3.8, 4) is 0 Å². The maximum Gasteiger partial charge on any atom is 0.190 e. The molecular formula is C20H40IN3O3. The second kappa shape index (κ2) is 13.2. The summed E-state index contributed by atoms with van der Waals surface area (Å²) >= 11 is 0. The molecule has 2 rings (SSSR count). The van der Waals surface area contributed by atoms with Crippen LogP contribution in [0.15, 0.2) is 4.99 Å². The maximum absolute atomic E-state index is 6.06. The van der Waals surface area contributed by atoms with Gasteiger partial charge in [-0.15, -0.1) is 24.0 Å². The molecule has 3 unspecified atom stereocenters. The third-order valence-corrected chi connectivity index (χ3v) is 5.14. The van der Waals surface area contributed by atoms with Crippen molar-refractivity contribution in [3.05, 3.63) is 0 Å². The minimum Gasteiger partial charge on any atom is -0.379 e. The van der Waals surface area contributed by atoms with Crippen LogP contribution in [0, 0.1) is 11.3 Å². The van der Waals surface area contributed by atoms with E-state index in [1.54, 1.807) is 0 Å². The molecule has 7 heteroatoms. The molecule has 0 aromatic carbocycles. The smallest absolute Gasteiger partial charge is 0.190 e. The fourth-order valence-electron chi connectivity index (χ4n) is 3.83. The van der Waals surface area contributed by atoms with Gasteiger partial charge in [0, 0.05) is 45.9 Å². The normalized spacial score (nSPS) is 26.5. The number of hydrogen-bond donors (Lipinski definition) is 2. The molecule has 2 saturated heterocycles. The Bertz CT molecular complexity index is 423. The summed E-state index contributed by atoms with van der Waals surface area (Å²) < 4.78 is 17.3. The van der Waals surface area contributed by atoms with Gasteiger partial charge in [0.2, 0.25) is 0 Å². The fourth-order valence-corrected chi connectivity index (χ4v) is 3.83. The highest BCUT2D eigenvalue weighted by Crippen LogP contribution is 2.33. The van der Waals surface area contributed by atoms with Crippen LogP contribution in [0.2, 0.25) is 0 Å². The Kier molecular flexibility index (Phi) is 12.2. The van der Waals surface area contributed by atoms with Crippen molar-refractivity contribution < 1.29 is 14.2 Å². The monoisotopic (exact) mass is 497 g/mol. The van der Waals surface area contributed by atoms with Crippen LogP contribution in [0.25, 0.3) is 0 Å². The van der Waals surface area contributed by atoms with E-state index in [0.29, 0.717) is 18.1 Å². The van der Waals surface area contributed by atoms with Crippen LogP contribution in [-0.4, -0.2) is 64.7 Å². The predicted octanol–water partition coefficient (Wildman–Crippen LogP) is 3.20. The number of nitrogens with zero attached hydrogens (tertiary/aromatic N) is 1. The summed E-state index contributed by atoms with van der Waals surface area (Å²) in [5.41, 5.74) is 0.171. The molecule has 0 bridgehead atoms. The van der Waals surface area contributed by atoms with Crippen LogP contribution in [-0.2, 0) is 14.2 Å². The maximum atomic E-state index is 6.06. The van der Waals surface area contributed by atoms with Crippen LogP contribution >= 0.6 is 24.0 Å². The molecule has 27 heavy (non-hydrogen) atoms. The second-order valence-corrected chi connectivity index (χ2v) is 8.50. The van der Waals surface area contributed by atoms with E-state index in [0.717, 1.165) is 64.7 Å². The van der Waals surface area contributed by atoms with Gasteiger partial charge in [-0.05, 0) is 37.5 Å². The molecule has 0 radical (unpaired) electrons. The first-order chi connectivity index (χ1) is 12.5. The average molecular weight is 497 g/mol. The van der Waals surface area contributed by atoms with Gasteiger partial charge in [-0.2, -0.15) is 0 Å². The van der Waals surface area contributed by atoms with E-state index in [2.05, 4.69) is 36.4 Å². The van der Waals surface area contributed by atoms with Crippen molar-refractivity contribution in [2.75, 3.05) is 46.6 Å². The number of hydrogen-bond acceptors (Lipinski definition) is 4. The first kappa shape index (κ1) is 24.9. The van der Waals surface area contributed by atoms with Crippen LogP contribution in [0.5, 0.6) is 0 Å². The largest absolute Gasteiger partial charge is 0.379 e. The zero-order chi connectivity index (χ0) is 18.8. The van der Waals surface area contributed by atoms with E-state index in [9.17, 15) is 0 Å². The molecule has 2 aliphatic heterocycles. The van der Waals surface area contributed by atoms with Crippen LogP contribution < -0.4 is 10.6 Å². The summed E-state index contributed by atoms with van der Waals surface area (Å²) in [4.78, 5) is 4.33. The van der Waals surface area contributed by atoms with Gasteiger partial charge < -0.3 is 24.8 Å². The van der Waals surface area contributed by atoms with Crippen molar-refractivity contribution >= 4 is 29.9 Å². The lowest BCUT2D eigenvalue weighted by molar-refractivity contribution is -0.0835. The Morgan fingerprint density at radius 2 is 1.85 bits per heavy atom. The van der Waals surface area contributed by atoms with Gasteiger partial charge in [-0.25, -0.2) is 0 Å². The molecule has 0 aromatic heterocycles. The Balaban J connectivity index is 0.00000364. The molecule has 0 spiro atoms. The zero-order valence-electron chi connectivity index (χ0n) is 17.6. The summed E-state index contributed by atoms with van der Waals surface area (Å²) in [5.74, 6) is 1.39. The van der Waals surface area contributed by atoms with Crippen LogP contribution in [0.3, 0.4) is 0 Å². The van der Waals surface area contributed by atoms with Crippen molar-refractivity contribution in [1.29, 1.82) is 0 Å². The highest BCUT2D eigenvalue weighted by Gasteiger charge is 2.35. The number of guanidine groups is 1. The molecule has 2 heterocycles. The highest BCUT2D eigenvalue weighted by atomic mass is 127. The number of aliphatic imine (C=N–C) groups is 1. The molecule has 2 fully saturated rings. The summed E-state index contributed by atoms with van der Waals surface area (Å²) in [5, 5.41) is 6.85. The van der Waals surface area contributed by atoms with Crippen molar-refractivity contribution in [2.45, 2.75) is 65.1 Å². The molecule has 0 amide bonds. The quantitative estimate of drug-likeness (QED) is 0.234. The molecule has 6 nitrogen and oxygen atoms in total. The summed E-state index contributed by atoms with van der Waals surface area (Å²) in [6, 6.07) is 0. The second-order valence-electron chi connectivity index (χ2n) is 8.50. The van der Waals surface area contributed by atoms with Crippen molar-refractivity contribution in [1.82, 2.24) is 10.6 Å². The van der Waals surface area contributed by atoms with E-state index < -0.39 is 0 Å². The van der Waals surface area contributed by atoms with Gasteiger partial charge in [-0.3, -0.25) is 4.99 Å². The summed E-state index contributed by atoms with van der Waals surface area (Å²) in [6.07, 6.45) is 6.23. The lowest BCUT2D eigenvalue weighted by Crippen LogP contribution is -2.47. The number of rotatable bonds is 8. The average Bonchev–Trinajstić information content (AvgIpc) is 3.13. The predicted molar refractivity (Wildman–Crippen MR) is 121 cm³/mol. The highest BCUT2D eigenvalue weighted by molar-refractivity contribution is 14.0. The molecule has 0 aliphatic carbocycles. The number of ether oxygens (including phenoxy) is 3. The SMILES string of the molecule is CN=C(NCCCOCC1CCCO1)NCC1CCCOC1C(C)(C)C.I. The summed E-state index contributed by atoms with van der Waals surface area (Å²) in [7, 11) is 1.82. The van der Waals surface area contributed by atoms with E-state index in [1.165, 1.54) is 12.8 Å². The zero-order valence-corrected chi connectivity index (χ0v) is 19.9. The fraction of sp³-hybridized carbons (Fsp3) is 0.950. The number of halogens is 1. The first-order valence-corrected chi connectivity index (χ1v) is 10.3. The van der Waals surface area contributed by atoms with Crippen molar-refractivity contribution in [2.24, 2.45) is 16.3 Å². The van der Waals surface area contributed by atoms with Gasteiger partial charge in [0.05, 0.1) is 18.8 Å². The van der Waals surface area contributed by atoms with Gasteiger partial charge in [0.1, 0.15) is 0 Å². The van der Waals surface area contributed by atoms with Gasteiger partial charge in [0.15, 0.2) is 5.96 Å². The van der Waals surface area contributed by atoms with Crippen LogP contribution in [0.1, 0.15) is 52.9 Å². The third kappa shape index (κ3) is 9.28. The van der Waals surface area contributed by atoms with E-state index in [4.69, 9.17) is 14.2 Å². The topological polar surface area (TPSA) is 64.1 Å². The molecule has 2 N–H and O–H groups in total. The van der Waals surface area contributed by atoms with Gasteiger partial charge >= 0.3 is 0 Å². The standard InChI is InChI=1S/C20H39N3O3.HI/c1-20(2,3)18-16(8-5-13-26-18)14-23-19(21-4)22-10-7-11-24-15-17-9-6-12-25-17;/h16-18H,5-15H2,1-4H3,(H2,21,22,23);1H. The lowest BCUT2D eigenvalue weighted by atomic mass is 9.78. The Labute approximate surface area is 182 Å². The molecule has 0 aromatic rings. The van der Waals surface area contributed by atoms with E-state index in [1.807, 2.05) is 7.05 Å². The molecular weight excluding hydrogens is 457 g/mol. The molecule has 3 atom stereocenters. The van der Waals surface area contributed by atoms with E-state index in [-0.39, 0.29) is 29.4 Å². The minimum atomic E-state index is 0. The van der Waals surface area contributed by atoms with Gasteiger partial charge in [0.25, 0.3) is 0 Å². The first-order valence-electron chi connectivity index (χ1n) is 10.3. The number of nitrogens with one attached hydrogen (secondary N) is 2. The lowest BCUT2D eigenvalue weighted by Gasteiger charge is -2.40. The minimum absolute atomic E-state index is 0. The van der Waals surface area contributed by atoms with E-state index >= 15 is 0 Å². The molecule has 160 valence electrons. The molecule has 0 saturated carbocycles. The van der Waals surface area contributed by atoms with Crippen LogP contribution in [0.4, 0.5) is 0 Å². The Morgan fingerprint density at radius 3 is 2.52 bits per heavy atom. The third-order valence-electron chi connectivity index (χ3n) is 5.14. The molecule has 2 aliphatic rings.